The lowest BCUT2D eigenvalue weighted by Gasteiger charge is -2.12. The van der Waals surface area contributed by atoms with Crippen molar-refractivity contribution in [2.45, 2.75) is 39.6 Å². The average molecular weight is 397 g/mol. The predicted octanol–water partition coefficient (Wildman–Crippen LogP) is 3.34. The molecule has 1 aromatic carbocycles. The number of hydrogen-bond donors (Lipinski definition) is 2. The highest BCUT2D eigenvalue weighted by Gasteiger charge is 2.15. The van der Waals surface area contributed by atoms with Crippen LogP contribution in [0.5, 0.6) is 0 Å². The third kappa shape index (κ3) is 5.11. The van der Waals surface area contributed by atoms with Crippen molar-refractivity contribution in [3.05, 3.63) is 51.7 Å². The molecule has 0 aliphatic carbocycles. The number of hydrogen-bond acceptors (Lipinski definition) is 5. The number of amides is 2. The molecule has 0 bridgehead atoms. The number of thioether (sulfide) groups is 1. The first kappa shape index (κ1) is 21.5. The number of rotatable bonds is 6. The zero-order valence-electron chi connectivity index (χ0n) is 16.8. The standard InChI is InChI=1S/C21H24N4O2S/c1-12-7-6-8-18(13(12)2)25-19(26)10-23-20(27)11-28-21-17(9-22)15(4)14(3)16(5)24-21/h6-8H,10-11H2,1-5H3,(H,23,27)(H,25,26). The zero-order valence-corrected chi connectivity index (χ0v) is 17.6. The summed E-state index contributed by atoms with van der Waals surface area (Å²) in [6, 6.07) is 7.84. The second kappa shape index (κ2) is 9.38. The number of pyridine rings is 1. The smallest absolute Gasteiger partial charge is 0.243 e. The summed E-state index contributed by atoms with van der Waals surface area (Å²) in [6.45, 7) is 9.48. The van der Waals surface area contributed by atoms with E-state index in [9.17, 15) is 14.9 Å². The molecule has 0 fully saturated rings. The van der Waals surface area contributed by atoms with Crippen molar-refractivity contribution in [2.24, 2.45) is 0 Å². The van der Waals surface area contributed by atoms with E-state index in [0.717, 1.165) is 33.6 Å². The predicted molar refractivity (Wildman–Crippen MR) is 111 cm³/mol. The van der Waals surface area contributed by atoms with Gasteiger partial charge in [0.2, 0.25) is 11.8 Å². The molecule has 2 N–H and O–H groups in total. The Labute approximate surface area is 169 Å². The molecule has 1 heterocycles. The van der Waals surface area contributed by atoms with Crippen LogP contribution in [0.15, 0.2) is 23.2 Å². The van der Waals surface area contributed by atoms with Crippen molar-refractivity contribution < 1.29 is 9.59 Å². The number of nitrogens with zero attached hydrogens (tertiary/aromatic N) is 2. The minimum atomic E-state index is -0.289. The van der Waals surface area contributed by atoms with Gasteiger partial charge in [0.25, 0.3) is 0 Å². The van der Waals surface area contributed by atoms with Gasteiger partial charge < -0.3 is 10.6 Å². The third-order valence-electron chi connectivity index (χ3n) is 4.74. The molecule has 0 radical (unpaired) electrons. The van der Waals surface area contributed by atoms with Crippen LogP contribution in [0.2, 0.25) is 0 Å². The van der Waals surface area contributed by atoms with E-state index in [0.29, 0.717) is 10.6 Å². The Kier molecular flexibility index (Phi) is 7.18. The first-order valence-corrected chi connectivity index (χ1v) is 9.86. The Morgan fingerprint density at radius 1 is 1.07 bits per heavy atom. The number of carbonyl (C=O) groups is 2. The second-order valence-electron chi connectivity index (χ2n) is 6.60. The lowest BCUT2D eigenvalue weighted by atomic mass is 10.1. The highest BCUT2D eigenvalue weighted by atomic mass is 32.2. The lowest BCUT2D eigenvalue weighted by Crippen LogP contribution is -2.34. The maximum atomic E-state index is 12.1. The van der Waals surface area contributed by atoms with Gasteiger partial charge in [-0.25, -0.2) is 4.98 Å². The van der Waals surface area contributed by atoms with Crippen molar-refractivity contribution in [2.75, 3.05) is 17.6 Å². The van der Waals surface area contributed by atoms with E-state index in [1.165, 1.54) is 11.8 Å². The Bertz CT molecular complexity index is 964. The summed E-state index contributed by atoms with van der Waals surface area (Å²) < 4.78 is 0. The molecule has 0 atom stereocenters. The molecule has 7 heteroatoms. The molecule has 0 aliphatic rings. The molecule has 6 nitrogen and oxygen atoms in total. The Morgan fingerprint density at radius 3 is 2.46 bits per heavy atom. The van der Waals surface area contributed by atoms with Gasteiger partial charge in [0.1, 0.15) is 11.1 Å². The molecule has 1 aromatic heterocycles. The van der Waals surface area contributed by atoms with E-state index in [2.05, 4.69) is 21.7 Å². The lowest BCUT2D eigenvalue weighted by molar-refractivity contribution is -0.122. The SMILES string of the molecule is Cc1cccc(NC(=O)CNC(=O)CSc2nc(C)c(C)c(C)c2C#N)c1C. The minimum Gasteiger partial charge on any atom is -0.346 e. The van der Waals surface area contributed by atoms with Crippen LogP contribution >= 0.6 is 11.8 Å². The maximum Gasteiger partial charge on any atom is 0.243 e. The fraction of sp³-hybridized carbons (Fsp3) is 0.333. The van der Waals surface area contributed by atoms with Crippen molar-refractivity contribution in [1.29, 1.82) is 5.26 Å². The normalized spacial score (nSPS) is 10.3. The highest BCUT2D eigenvalue weighted by Crippen LogP contribution is 2.26. The molecular weight excluding hydrogens is 372 g/mol. The molecule has 0 unspecified atom stereocenters. The van der Waals surface area contributed by atoms with Crippen LogP contribution in [0, 0.1) is 45.9 Å². The van der Waals surface area contributed by atoms with Gasteiger partial charge in [0.15, 0.2) is 0 Å². The van der Waals surface area contributed by atoms with Crippen molar-refractivity contribution >= 4 is 29.3 Å². The summed E-state index contributed by atoms with van der Waals surface area (Å²) >= 11 is 1.20. The number of carbonyl (C=O) groups excluding carboxylic acids is 2. The zero-order chi connectivity index (χ0) is 20.8. The summed E-state index contributed by atoms with van der Waals surface area (Å²) in [5.41, 5.74) is 6.02. The van der Waals surface area contributed by atoms with Crippen molar-refractivity contribution in [3.8, 4) is 6.07 Å². The number of nitrogens with one attached hydrogen (secondary N) is 2. The highest BCUT2D eigenvalue weighted by molar-refractivity contribution is 8.00. The molecule has 2 rings (SSSR count). The van der Waals surface area contributed by atoms with E-state index in [1.807, 2.05) is 52.8 Å². The molecule has 146 valence electrons. The quantitative estimate of drug-likeness (QED) is 0.730. The molecule has 0 saturated heterocycles. The van der Waals surface area contributed by atoms with E-state index >= 15 is 0 Å². The fourth-order valence-electron chi connectivity index (χ4n) is 2.59. The van der Waals surface area contributed by atoms with Crippen LogP contribution in [0.25, 0.3) is 0 Å². The average Bonchev–Trinajstić information content (AvgIpc) is 2.66. The Hall–Kier alpha value is -2.85. The van der Waals surface area contributed by atoms with Gasteiger partial charge in [0.05, 0.1) is 17.9 Å². The van der Waals surface area contributed by atoms with Crippen LogP contribution in [0.1, 0.15) is 33.5 Å². The molecular formula is C21H24N4O2S. The van der Waals surface area contributed by atoms with Crippen molar-refractivity contribution in [3.63, 3.8) is 0 Å². The van der Waals surface area contributed by atoms with Gasteiger partial charge in [0, 0.05) is 11.4 Å². The summed E-state index contributed by atoms with van der Waals surface area (Å²) in [6.07, 6.45) is 0. The summed E-state index contributed by atoms with van der Waals surface area (Å²) in [5, 5.41) is 15.3. The summed E-state index contributed by atoms with van der Waals surface area (Å²) in [7, 11) is 0. The summed E-state index contributed by atoms with van der Waals surface area (Å²) in [5.74, 6) is -0.493. The van der Waals surface area contributed by atoms with E-state index in [4.69, 9.17) is 0 Å². The Morgan fingerprint density at radius 2 is 1.79 bits per heavy atom. The molecule has 0 saturated carbocycles. The van der Waals surface area contributed by atoms with Crippen LogP contribution < -0.4 is 10.6 Å². The summed E-state index contributed by atoms with van der Waals surface area (Å²) in [4.78, 5) is 28.6. The number of anilines is 1. The van der Waals surface area contributed by atoms with E-state index in [1.54, 1.807) is 0 Å². The molecule has 0 spiro atoms. The van der Waals surface area contributed by atoms with Gasteiger partial charge >= 0.3 is 0 Å². The van der Waals surface area contributed by atoms with Gasteiger partial charge in [-0.05, 0) is 62.9 Å². The topological polar surface area (TPSA) is 94.9 Å². The largest absolute Gasteiger partial charge is 0.346 e. The third-order valence-corrected chi connectivity index (χ3v) is 5.72. The van der Waals surface area contributed by atoms with Gasteiger partial charge in [-0.1, -0.05) is 23.9 Å². The number of benzene rings is 1. The van der Waals surface area contributed by atoms with Crippen LogP contribution in [-0.2, 0) is 9.59 Å². The monoisotopic (exact) mass is 396 g/mol. The number of aryl methyl sites for hydroxylation is 2. The minimum absolute atomic E-state index is 0.0837. The number of aromatic nitrogens is 1. The molecule has 28 heavy (non-hydrogen) atoms. The Balaban J connectivity index is 1.91. The maximum absolute atomic E-state index is 12.1. The van der Waals surface area contributed by atoms with Gasteiger partial charge in [-0.15, -0.1) is 0 Å². The number of nitriles is 1. The van der Waals surface area contributed by atoms with Crippen LogP contribution in [0.3, 0.4) is 0 Å². The van der Waals surface area contributed by atoms with Crippen molar-refractivity contribution in [1.82, 2.24) is 10.3 Å². The molecule has 2 aromatic rings. The van der Waals surface area contributed by atoms with Gasteiger partial charge in [-0.3, -0.25) is 9.59 Å². The molecule has 0 aliphatic heterocycles. The van der Waals surface area contributed by atoms with Crippen LogP contribution in [-0.4, -0.2) is 29.1 Å². The first-order valence-electron chi connectivity index (χ1n) is 8.88. The van der Waals surface area contributed by atoms with E-state index < -0.39 is 0 Å². The van der Waals surface area contributed by atoms with Gasteiger partial charge in [-0.2, -0.15) is 5.26 Å². The molecule has 2 amide bonds. The fourth-order valence-corrected chi connectivity index (χ4v) is 3.51. The van der Waals surface area contributed by atoms with Crippen LogP contribution in [0.4, 0.5) is 5.69 Å². The first-order chi connectivity index (χ1) is 13.2. The van der Waals surface area contributed by atoms with E-state index in [-0.39, 0.29) is 24.1 Å². The second-order valence-corrected chi connectivity index (χ2v) is 7.56.